The number of hydrogen-bond donors (Lipinski definition) is 4. The average Bonchev–Trinajstić information content (AvgIpc) is 3.56. The molecule has 8 atom stereocenters. The highest BCUT2D eigenvalue weighted by Gasteiger charge is 2.56. The Morgan fingerprint density at radius 1 is 0.714 bits per heavy atom. The van der Waals surface area contributed by atoms with Crippen molar-refractivity contribution in [3.63, 3.8) is 0 Å². The molecule has 8 nitrogen and oxygen atoms in total. The first-order chi connectivity index (χ1) is 16.5. The highest BCUT2D eigenvalue weighted by molar-refractivity contribution is 5.32. The molecule has 4 saturated heterocycles. The zero-order valence-electron chi connectivity index (χ0n) is 20.6. The molecule has 0 aromatic heterocycles. The number of rotatable bonds is 10. The third-order valence-electron chi connectivity index (χ3n) is 9.54. The number of benzene rings is 1. The monoisotopic (exact) mass is 513 g/mol. The molecular formula is C26H42ClN2O6+. The SMILES string of the molecule is OCC1CC[N+]2(CCOc3cccc(OCC[N+]45CCC(O)C4C(CO)CC5)c3)CCC(O)C12.[Cl-]. The molecule has 4 fully saturated rings. The van der Waals surface area contributed by atoms with Crippen molar-refractivity contribution in [3.05, 3.63) is 24.3 Å². The van der Waals surface area contributed by atoms with Crippen molar-refractivity contribution in [3.8, 4) is 11.5 Å². The molecule has 35 heavy (non-hydrogen) atoms. The number of hydrogen-bond acceptors (Lipinski definition) is 6. The molecule has 4 N–H and O–H groups in total. The van der Waals surface area contributed by atoms with E-state index in [0.29, 0.717) is 13.2 Å². The lowest BCUT2D eigenvalue weighted by Crippen LogP contribution is -3.00. The average molecular weight is 514 g/mol. The van der Waals surface area contributed by atoms with Gasteiger partial charge in [-0.3, -0.25) is 0 Å². The lowest BCUT2D eigenvalue weighted by atomic mass is 9.97. The number of fused-ring (bicyclic) bond motifs is 2. The van der Waals surface area contributed by atoms with Gasteiger partial charge in [-0.2, -0.15) is 0 Å². The minimum atomic E-state index is -0.317. The van der Waals surface area contributed by atoms with Crippen LogP contribution in [-0.4, -0.2) is 119 Å². The molecule has 9 heteroatoms. The zero-order chi connectivity index (χ0) is 23.8. The maximum absolute atomic E-state index is 10.5. The van der Waals surface area contributed by atoms with Crippen molar-refractivity contribution in [1.82, 2.24) is 0 Å². The molecule has 4 aliphatic heterocycles. The summed E-state index contributed by atoms with van der Waals surface area (Å²) in [5, 5.41) is 40.4. The predicted molar refractivity (Wildman–Crippen MR) is 126 cm³/mol. The van der Waals surface area contributed by atoms with Crippen LogP contribution in [0, 0.1) is 11.8 Å². The molecule has 5 rings (SSSR count). The Kier molecular flexibility index (Phi) is 8.53. The molecule has 1 aromatic carbocycles. The van der Waals surface area contributed by atoms with Crippen molar-refractivity contribution < 1.29 is 51.3 Å². The van der Waals surface area contributed by atoms with Gasteiger partial charge in [-0.25, -0.2) is 0 Å². The molecule has 4 aliphatic rings. The van der Waals surface area contributed by atoms with Crippen LogP contribution in [0.15, 0.2) is 24.3 Å². The quantitative estimate of drug-likeness (QED) is 0.256. The van der Waals surface area contributed by atoms with E-state index in [1.54, 1.807) is 0 Å². The summed E-state index contributed by atoms with van der Waals surface area (Å²) in [6.45, 7) is 7.09. The van der Waals surface area contributed by atoms with Crippen molar-refractivity contribution in [2.75, 3.05) is 65.7 Å². The van der Waals surface area contributed by atoms with Gasteiger partial charge in [0.25, 0.3) is 0 Å². The van der Waals surface area contributed by atoms with Gasteiger partial charge in [0.1, 0.15) is 62.1 Å². The molecular weight excluding hydrogens is 472 g/mol. The van der Waals surface area contributed by atoms with Crippen molar-refractivity contribution in [2.24, 2.45) is 11.8 Å². The number of nitrogens with zero attached hydrogens (tertiary/aromatic N) is 2. The summed E-state index contributed by atoms with van der Waals surface area (Å²) in [4.78, 5) is 0. The van der Waals surface area contributed by atoms with Crippen molar-refractivity contribution in [2.45, 2.75) is 50.0 Å². The van der Waals surface area contributed by atoms with Crippen LogP contribution in [0.5, 0.6) is 11.5 Å². The summed E-state index contributed by atoms with van der Waals surface area (Å²) < 4.78 is 13.9. The van der Waals surface area contributed by atoms with Gasteiger partial charge < -0.3 is 51.3 Å². The number of quaternary nitrogens is 2. The van der Waals surface area contributed by atoms with E-state index in [1.165, 1.54) is 0 Å². The first kappa shape index (κ1) is 26.9. The van der Waals surface area contributed by atoms with Crippen LogP contribution < -0.4 is 21.9 Å². The third kappa shape index (κ3) is 5.04. The normalized spacial score (nSPS) is 39.8. The maximum atomic E-state index is 10.5. The molecule has 1 aromatic rings. The Morgan fingerprint density at radius 3 is 1.57 bits per heavy atom. The molecule has 0 radical (unpaired) electrons. The highest BCUT2D eigenvalue weighted by atomic mass is 35.5. The molecule has 0 spiro atoms. The first-order valence-electron chi connectivity index (χ1n) is 13.2. The summed E-state index contributed by atoms with van der Waals surface area (Å²) >= 11 is 0. The van der Waals surface area contributed by atoms with E-state index in [0.717, 1.165) is 85.4 Å². The number of ether oxygens (including phenoxy) is 2. The van der Waals surface area contributed by atoms with Gasteiger partial charge in [-0.1, -0.05) is 6.07 Å². The van der Waals surface area contributed by atoms with Crippen molar-refractivity contribution in [1.29, 1.82) is 0 Å². The van der Waals surface area contributed by atoms with Crippen LogP contribution in [0.25, 0.3) is 0 Å². The van der Waals surface area contributed by atoms with Crippen LogP contribution >= 0.6 is 0 Å². The Labute approximate surface area is 214 Å². The van der Waals surface area contributed by atoms with Gasteiger partial charge in [0.15, 0.2) is 0 Å². The summed E-state index contributed by atoms with van der Waals surface area (Å²) in [6.07, 6.45) is 2.92. The standard InChI is InChI=1S/C26H42N2O6.ClH/c29-17-19-4-8-27(10-6-23(31)25(19)27)12-14-33-21-2-1-3-22(16-21)34-15-13-28-9-5-20(18-30)26(28)24(32)7-11-28;/h1-3,16,19-20,23-26,29-32H,4-15,17-18H2;1H/q+2;/p-1. The molecule has 8 unspecified atom stereocenters. The van der Waals surface area contributed by atoms with Crippen LogP contribution in [0.2, 0.25) is 0 Å². The van der Waals surface area contributed by atoms with Gasteiger partial charge in [0.05, 0.1) is 39.4 Å². The fraction of sp³-hybridized carbons (Fsp3) is 0.769. The van der Waals surface area contributed by atoms with E-state index in [2.05, 4.69) is 0 Å². The minimum Gasteiger partial charge on any atom is -1.00 e. The zero-order valence-corrected chi connectivity index (χ0v) is 21.3. The van der Waals surface area contributed by atoms with E-state index >= 15 is 0 Å². The molecule has 4 heterocycles. The summed E-state index contributed by atoms with van der Waals surface area (Å²) in [6, 6.07) is 8.06. The number of aliphatic hydroxyl groups is 4. The fourth-order valence-corrected chi connectivity index (χ4v) is 7.87. The topological polar surface area (TPSA) is 99.4 Å². The number of halogens is 1. The second-order valence-electron chi connectivity index (χ2n) is 11.1. The molecule has 198 valence electrons. The fourth-order valence-electron chi connectivity index (χ4n) is 7.87. The van der Waals surface area contributed by atoms with E-state index in [1.807, 2.05) is 24.3 Å². The smallest absolute Gasteiger partial charge is 0.137 e. The molecule has 0 saturated carbocycles. The van der Waals surface area contributed by atoms with Crippen LogP contribution in [0.1, 0.15) is 25.7 Å². The van der Waals surface area contributed by atoms with E-state index in [-0.39, 0.29) is 61.7 Å². The van der Waals surface area contributed by atoms with E-state index < -0.39 is 0 Å². The second-order valence-corrected chi connectivity index (χ2v) is 11.1. The van der Waals surface area contributed by atoms with Gasteiger partial charge in [0, 0.05) is 43.6 Å². The van der Waals surface area contributed by atoms with Crippen LogP contribution in [-0.2, 0) is 0 Å². The predicted octanol–water partition coefficient (Wildman–Crippen LogP) is -2.63. The first-order valence-corrected chi connectivity index (χ1v) is 13.2. The maximum Gasteiger partial charge on any atom is 0.137 e. The van der Waals surface area contributed by atoms with Crippen LogP contribution in [0.3, 0.4) is 0 Å². The Morgan fingerprint density at radius 2 is 1.14 bits per heavy atom. The summed E-state index contributed by atoms with van der Waals surface area (Å²) in [5.41, 5.74) is 0. The second kappa shape index (κ2) is 11.1. The Balaban J connectivity index is 0.00000289. The van der Waals surface area contributed by atoms with Gasteiger partial charge in [-0.05, 0) is 12.1 Å². The third-order valence-corrected chi connectivity index (χ3v) is 9.54. The minimum absolute atomic E-state index is 0. The van der Waals surface area contributed by atoms with Crippen molar-refractivity contribution >= 4 is 0 Å². The van der Waals surface area contributed by atoms with Gasteiger partial charge in [-0.15, -0.1) is 0 Å². The Hall–Kier alpha value is -1.13. The molecule has 0 aliphatic carbocycles. The van der Waals surface area contributed by atoms with E-state index in [4.69, 9.17) is 9.47 Å². The van der Waals surface area contributed by atoms with Gasteiger partial charge >= 0.3 is 0 Å². The molecule has 0 amide bonds. The largest absolute Gasteiger partial charge is 1.00 e. The molecule has 0 bridgehead atoms. The summed E-state index contributed by atoms with van der Waals surface area (Å²) in [7, 11) is 0. The Bertz CT molecular complexity index is 785. The van der Waals surface area contributed by atoms with Gasteiger partial charge in [0.2, 0.25) is 0 Å². The van der Waals surface area contributed by atoms with E-state index in [9.17, 15) is 20.4 Å². The lowest BCUT2D eigenvalue weighted by Gasteiger charge is -2.36. The summed E-state index contributed by atoms with van der Waals surface area (Å²) in [5.74, 6) is 1.96. The van der Waals surface area contributed by atoms with Crippen LogP contribution in [0.4, 0.5) is 0 Å². The highest BCUT2D eigenvalue weighted by Crippen LogP contribution is 2.41. The number of aliphatic hydroxyl groups excluding tert-OH is 4. The lowest BCUT2D eigenvalue weighted by molar-refractivity contribution is -0.930.